The predicted molar refractivity (Wildman–Crippen MR) is 73.6 cm³/mol. The van der Waals surface area contributed by atoms with E-state index in [1.165, 1.54) is 0 Å². The van der Waals surface area contributed by atoms with Gasteiger partial charge < -0.3 is 15.0 Å². The van der Waals surface area contributed by atoms with Crippen LogP contribution in [0, 0.1) is 11.8 Å². The van der Waals surface area contributed by atoms with Gasteiger partial charge in [0.25, 0.3) is 0 Å². The number of rotatable bonds is 7. The number of hydrogen-bond donors (Lipinski definition) is 1. The van der Waals surface area contributed by atoms with E-state index in [0.717, 1.165) is 13.0 Å². The van der Waals surface area contributed by atoms with Crippen LogP contribution in [0.25, 0.3) is 0 Å². The van der Waals surface area contributed by atoms with Gasteiger partial charge in [0.05, 0.1) is 6.54 Å². The number of piperazine rings is 1. The summed E-state index contributed by atoms with van der Waals surface area (Å²) in [5, 5.41) is 2.65. The van der Waals surface area contributed by atoms with E-state index in [0.29, 0.717) is 19.1 Å². The fraction of sp³-hybridized carbons (Fsp3) is 0.857. The molecule has 0 aromatic rings. The van der Waals surface area contributed by atoms with Crippen molar-refractivity contribution < 1.29 is 14.3 Å². The average molecular weight is 270 g/mol. The van der Waals surface area contributed by atoms with Crippen LogP contribution in [0.1, 0.15) is 34.1 Å². The number of ether oxygens (including phenoxy) is 1. The highest BCUT2D eigenvalue weighted by Crippen LogP contribution is 2.15. The summed E-state index contributed by atoms with van der Waals surface area (Å²) in [6, 6.07) is -0.341. The molecule has 1 aliphatic rings. The average Bonchev–Trinajstić information content (AvgIpc) is 2.32. The zero-order chi connectivity index (χ0) is 14.4. The van der Waals surface area contributed by atoms with Crippen molar-refractivity contribution in [3.63, 3.8) is 0 Å². The first-order chi connectivity index (χ1) is 8.93. The Bertz CT molecular complexity index is 316. The monoisotopic (exact) mass is 270 g/mol. The van der Waals surface area contributed by atoms with Gasteiger partial charge in [-0.15, -0.1) is 0 Å². The zero-order valence-electron chi connectivity index (χ0n) is 12.4. The van der Waals surface area contributed by atoms with E-state index in [4.69, 9.17) is 4.74 Å². The van der Waals surface area contributed by atoms with E-state index < -0.39 is 0 Å². The summed E-state index contributed by atoms with van der Waals surface area (Å²) in [5.74, 6) is 0.603. The molecule has 1 N–H and O–H groups in total. The Hall–Kier alpha value is -1.10. The van der Waals surface area contributed by atoms with Gasteiger partial charge in [0, 0.05) is 19.8 Å². The van der Waals surface area contributed by atoms with Crippen molar-refractivity contribution >= 4 is 11.8 Å². The van der Waals surface area contributed by atoms with Crippen LogP contribution in [0.2, 0.25) is 0 Å². The van der Waals surface area contributed by atoms with Gasteiger partial charge in [0.15, 0.2) is 0 Å². The molecule has 19 heavy (non-hydrogen) atoms. The van der Waals surface area contributed by atoms with E-state index >= 15 is 0 Å². The van der Waals surface area contributed by atoms with E-state index in [1.807, 2.05) is 13.8 Å². The van der Waals surface area contributed by atoms with E-state index in [2.05, 4.69) is 19.2 Å². The SMILES string of the molecule is CC(C)COCCCN1C(=O)CNC(=O)C1C(C)C. The third kappa shape index (κ3) is 4.82. The molecule has 0 spiro atoms. The Morgan fingerprint density at radius 3 is 2.58 bits per heavy atom. The molecule has 0 aliphatic carbocycles. The van der Waals surface area contributed by atoms with Crippen molar-refractivity contribution in [2.75, 3.05) is 26.3 Å². The van der Waals surface area contributed by atoms with Crippen molar-refractivity contribution in [3.8, 4) is 0 Å². The summed E-state index contributed by atoms with van der Waals surface area (Å²) in [5.41, 5.74) is 0. The smallest absolute Gasteiger partial charge is 0.243 e. The van der Waals surface area contributed by atoms with Crippen LogP contribution in [-0.4, -0.2) is 49.1 Å². The van der Waals surface area contributed by atoms with E-state index in [1.54, 1.807) is 4.90 Å². The quantitative estimate of drug-likeness (QED) is 0.703. The molecule has 110 valence electrons. The maximum Gasteiger partial charge on any atom is 0.243 e. The number of nitrogens with zero attached hydrogens (tertiary/aromatic N) is 1. The van der Waals surface area contributed by atoms with Crippen molar-refractivity contribution in [1.82, 2.24) is 10.2 Å². The molecule has 1 atom stereocenters. The lowest BCUT2D eigenvalue weighted by Gasteiger charge is -2.37. The molecule has 1 unspecified atom stereocenters. The Morgan fingerprint density at radius 2 is 2.00 bits per heavy atom. The highest BCUT2D eigenvalue weighted by Gasteiger charge is 2.35. The Balaban J connectivity index is 2.43. The molecule has 1 rings (SSSR count). The zero-order valence-corrected chi connectivity index (χ0v) is 12.4. The summed E-state index contributed by atoms with van der Waals surface area (Å²) in [6.45, 7) is 10.2. The molecule has 0 saturated carbocycles. The topological polar surface area (TPSA) is 58.6 Å². The molecular formula is C14H26N2O3. The van der Waals surface area contributed by atoms with Crippen LogP contribution < -0.4 is 5.32 Å². The van der Waals surface area contributed by atoms with Gasteiger partial charge in [-0.3, -0.25) is 9.59 Å². The maximum absolute atomic E-state index is 11.9. The summed E-state index contributed by atoms with van der Waals surface area (Å²) >= 11 is 0. The number of carbonyl (C=O) groups excluding carboxylic acids is 2. The number of carbonyl (C=O) groups is 2. The van der Waals surface area contributed by atoms with Gasteiger partial charge in [-0.05, 0) is 18.3 Å². The summed E-state index contributed by atoms with van der Waals surface area (Å²) < 4.78 is 5.51. The molecule has 1 heterocycles. The van der Waals surface area contributed by atoms with E-state index in [-0.39, 0.29) is 30.3 Å². The molecule has 5 nitrogen and oxygen atoms in total. The molecule has 0 radical (unpaired) electrons. The van der Waals surface area contributed by atoms with Gasteiger partial charge in [-0.25, -0.2) is 0 Å². The molecule has 1 aliphatic heterocycles. The van der Waals surface area contributed by atoms with Crippen molar-refractivity contribution in [3.05, 3.63) is 0 Å². The van der Waals surface area contributed by atoms with Crippen LogP contribution in [-0.2, 0) is 14.3 Å². The summed E-state index contributed by atoms with van der Waals surface area (Å²) in [6.07, 6.45) is 0.773. The van der Waals surface area contributed by atoms with Crippen molar-refractivity contribution in [1.29, 1.82) is 0 Å². The lowest BCUT2D eigenvalue weighted by atomic mass is 9.99. The van der Waals surface area contributed by atoms with Crippen molar-refractivity contribution in [2.24, 2.45) is 11.8 Å². The summed E-state index contributed by atoms with van der Waals surface area (Å²) in [4.78, 5) is 25.4. The predicted octanol–water partition coefficient (Wildman–Crippen LogP) is 1.03. The van der Waals surface area contributed by atoms with Crippen LogP contribution in [0.15, 0.2) is 0 Å². The van der Waals surface area contributed by atoms with Gasteiger partial charge >= 0.3 is 0 Å². The minimum Gasteiger partial charge on any atom is -0.381 e. The molecule has 2 amide bonds. The van der Waals surface area contributed by atoms with Crippen LogP contribution in [0.4, 0.5) is 0 Å². The molecule has 1 fully saturated rings. The second kappa shape index (κ2) is 7.48. The first-order valence-electron chi connectivity index (χ1n) is 7.08. The minimum absolute atomic E-state index is 0.00200. The fourth-order valence-electron chi connectivity index (χ4n) is 2.25. The highest BCUT2D eigenvalue weighted by atomic mass is 16.5. The second-order valence-electron chi connectivity index (χ2n) is 5.82. The highest BCUT2D eigenvalue weighted by molar-refractivity contribution is 5.94. The van der Waals surface area contributed by atoms with Gasteiger partial charge in [0.2, 0.25) is 11.8 Å². The molecule has 0 aromatic heterocycles. The third-order valence-electron chi connectivity index (χ3n) is 3.11. The normalized spacial score (nSPS) is 20.3. The number of hydrogen-bond acceptors (Lipinski definition) is 3. The molecule has 1 saturated heterocycles. The van der Waals surface area contributed by atoms with Crippen LogP contribution in [0.3, 0.4) is 0 Å². The summed E-state index contributed by atoms with van der Waals surface area (Å²) in [7, 11) is 0. The Labute approximate surface area is 115 Å². The van der Waals surface area contributed by atoms with Gasteiger partial charge in [-0.1, -0.05) is 27.7 Å². The standard InChI is InChI=1S/C14H26N2O3/c1-10(2)9-19-7-5-6-16-12(17)8-15-14(18)13(16)11(3)4/h10-11,13H,5-9H2,1-4H3,(H,15,18). The molecule has 5 heteroatoms. The lowest BCUT2D eigenvalue weighted by Crippen LogP contribution is -2.60. The van der Waals surface area contributed by atoms with Crippen molar-refractivity contribution in [2.45, 2.75) is 40.2 Å². The first kappa shape index (κ1) is 16.0. The number of amides is 2. The Kier molecular flexibility index (Phi) is 6.28. The van der Waals surface area contributed by atoms with Gasteiger partial charge in [-0.2, -0.15) is 0 Å². The number of nitrogens with one attached hydrogen (secondary N) is 1. The third-order valence-corrected chi connectivity index (χ3v) is 3.11. The van der Waals surface area contributed by atoms with E-state index in [9.17, 15) is 9.59 Å². The minimum atomic E-state index is -0.341. The second-order valence-corrected chi connectivity index (χ2v) is 5.82. The van der Waals surface area contributed by atoms with Crippen LogP contribution >= 0.6 is 0 Å². The largest absolute Gasteiger partial charge is 0.381 e. The molecular weight excluding hydrogens is 244 g/mol. The fourth-order valence-corrected chi connectivity index (χ4v) is 2.25. The first-order valence-corrected chi connectivity index (χ1v) is 7.08. The van der Waals surface area contributed by atoms with Crippen LogP contribution in [0.5, 0.6) is 0 Å². The van der Waals surface area contributed by atoms with Gasteiger partial charge in [0.1, 0.15) is 6.04 Å². The molecule has 0 bridgehead atoms. The molecule has 0 aromatic carbocycles. The maximum atomic E-state index is 11.9. The Morgan fingerprint density at radius 1 is 1.32 bits per heavy atom. The lowest BCUT2D eigenvalue weighted by molar-refractivity contribution is -0.147.